The fraction of sp³-hybridized carbons (Fsp3) is 0.429. The van der Waals surface area contributed by atoms with E-state index in [2.05, 4.69) is 22.0 Å². The van der Waals surface area contributed by atoms with Crippen LogP contribution in [0.4, 0.5) is 0 Å². The number of halogens is 1. The molecule has 2 N–H and O–H groups in total. The average Bonchev–Trinajstić information content (AvgIpc) is 2.87. The minimum Gasteiger partial charge on any atom is -0.338 e. The van der Waals surface area contributed by atoms with Gasteiger partial charge in [0.2, 0.25) is 11.7 Å². The molecule has 0 saturated heterocycles. The monoisotopic (exact) mass is 296 g/mol. The quantitative estimate of drug-likeness (QED) is 0.887. The largest absolute Gasteiger partial charge is 0.338 e. The lowest BCUT2D eigenvalue weighted by Gasteiger charge is -2.11. The van der Waals surface area contributed by atoms with Crippen molar-refractivity contribution in [3.63, 3.8) is 0 Å². The van der Waals surface area contributed by atoms with E-state index in [0.29, 0.717) is 24.8 Å². The second-order valence-electron chi connectivity index (χ2n) is 4.65. The smallest absolute Gasteiger partial charge is 0.241 e. The number of nitrogens with zero attached hydrogens (tertiary/aromatic N) is 3. The van der Waals surface area contributed by atoms with Crippen LogP contribution in [0.5, 0.6) is 0 Å². The highest BCUT2D eigenvalue weighted by atomic mass is 35.5. The van der Waals surface area contributed by atoms with Crippen LogP contribution in [0, 0.1) is 0 Å². The van der Waals surface area contributed by atoms with Crippen LogP contribution < -0.4 is 5.73 Å². The molecule has 5 nitrogen and oxygen atoms in total. The summed E-state index contributed by atoms with van der Waals surface area (Å²) in [6, 6.07) is 7.89. The molecule has 0 saturated carbocycles. The normalized spacial score (nSPS) is 10.6. The molecule has 20 heavy (non-hydrogen) atoms. The molecule has 0 aliphatic rings. The van der Waals surface area contributed by atoms with Gasteiger partial charge in [0.05, 0.1) is 6.54 Å². The first kappa shape index (κ1) is 16.6. The third kappa shape index (κ3) is 4.30. The summed E-state index contributed by atoms with van der Waals surface area (Å²) in [7, 11) is 2.05. The van der Waals surface area contributed by atoms with Crippen LogP contribution in [0.3, 0.4) is 0 Å². The fourth-order valence-electron chi connectivity index (χ4n) is 1.92. The van der Waals surface area contributed by atoms with Gasteiger partial charge >= 0.3 is 0 Å². The minimum atomic E-state index is 0. The molecular formula is C14H21ClN4O. The number of aromatic nitrogens is 2. The van der Waals surface area contributed by atoms with Gasteiger partial charge in [0.15, 0.2) is 0 Å². The zero-order chi connectivity index (χ0) is 13.7. The summed E-state index contributed by atoms with van der Waals surface area (Å²) >= 11 is 0. The van der Waals surface area contributed by atoms with Gasteiger partial charge in [-0.3, -0.25) is 4.90 Å². The maximum atomic E-state index is 5.57. The van der Waals surface area contributed by atoms with Gasteiger partial charge in [0.25, 0.3) is 0 Å². The second-order valence-corrected chi connectivity index (χ2v) is 4.65. The first-order valence-corrected chi connectivity index (χ1v) is 6.53. The van der Waals surface area contributed by atoms with Gasteiger partial charge in [-0.25, -0.2) is 0 Å². The molecule has 0 amide bonds. The lowest BCUT2D eigenvalue weighted by atomic mass is 10.1. The van der Waals surface area contributed by atoms with Crippen LogP contribution in [0.15, 0.2) is 28.8 Å². The van der Waals surface area contributed by atoms with Gasteiger partial charge in [0, 0.05) is 12.1 Å². The zero-order valence-corrected chi connectivity index (χ0v) is 12.7. The summed E-state index contributed by atoms with van der Waals surface area (Å²) in [5.74, 6) is 1.28. The van der Waals surface area contributed by atoms with Crippen molar-refractivity contribution in [1.82, 2.24) is 15.0 Å². The predicted octanol–water partition coefficient (Wildman–Crippen LogP) is 2.46. The standard InChI is InChI=1S/C14H20N4O.ClH/c1-3-8-18(2)10-13-16-14(17-19-13)12-6-4-11(9-15)5-7-12;/h4-7H,3,8-10,15H2,1-2H3;1H. The first-order chi connectivity index (χ1) is 9.22. The highest BCUT2D eigenvalue weighted by molar-refractivity contribution is 5.85. The van der Waals surface area contributed by atoms with Gasteiger partial charge in [0.1, 0.15) is 0 Å². The zero-order valence-electron chi connectivity index (χ0n) is 11.9. The molecule has 2 rings (SSSR count). The van der Waals surface area contributed by atoms with E-state index in [0.717, 1.165) is 24.1 Å². The minimum absolute atomic E-state index is 0. The van der Waals surface area contributed by atoms with E-state index in [-0.39, 0.29) is 12.4 Å². The van der Waals surface area contributed by atoms with Crippen LogP contribution in [0.2, 0.25) is 0 Å². The van der Waals surface area contributed by atoms with Crippen molar-refractivity contribution < 1.29 is 4.52 Å². The Kier molecular flexibility index (Phi) is 6.64. The molecule has 2 aromatic rings. The molecule has 1 aromatic carbocycles. The summed E-state index contributed by atoms with van der Waals surface area (Å²) in [5, 5.41) is 4.01. The molecule has 1 heterocycles. The van der Waals surface area contributed by atoms with Gasteiger partial charge in [-0.1, -0.05) is 36.3 Å². The summed E-state index contributed by atoms with van der Waals surface area (Å²) in [6.07, 6.45) is 1.11. The molecule has 0 unspecified atom stereocenters. The number of benzene rings is 1. The Morgan fingerprint density at radius 3 is 2.55 bits per heavy atom. The molecular weight excluding hydrogens is 276 g/mol. The first-order valence-electron chi connectivity index (χ1n) is 6.53. The topological polar surface area (TPSA) is 68.2 Å². The Hall–Kier alpha value is -1.43. The van der Waals surface area contributed by atoms with E-state index in [4.69, 9.17) is 10.3 Å². The van der Waals surface area contributed by atoms with Crippen LogP contribution in [0.25, 0.3) is 11.4 Å². The summed E-state index contributed by atoms with van der Waals surface area (Å²) in [6.45, 7) is 4.39. The summed E-state index contributed by atoms with van der Waals surface area (Å²) < 4.78 is 5.27. The highest BCUT2D eigenvalue weighted by Crippen LogP contribution is 2.16. The Balaban J connectivity index is 0.00000200. The molecule has 110 valence electrons. The number of rotatable bonds is 6. The molecule has 6 heteroatoms. The SMILES string of the molecule is CCCN(C)Cc1nc(-c2ccc(CN)cc2)no1.Cl. The molecule has 0 fully saturated rings. The third-order valence-electron chi connectivity index (χ3n) is 2.93. The molecule has 0 spiro atoms. The van der Waals surface area contributed by atoms with E-state index >= 15 is 0 Å². The Bertz CT molecular complexity index is 512. The van der Waals surface area contributed by atoms with Crippen molar-refractivity contribution in [3.8, 4) is 11.4 Å². The Morgan fingerprint density at radius 1 is 1.25 bits per heavy atom. The van der Waals surface area contributed by atoms with E-state index in [9.17, 15) is 0 Å². The van der Waals surface area contributed by atoms with Gasteiger partial charge in [-0.15, -0.1) is 12.4 Å². The van der Waals surface area contributed by atoms with E-state index in [1.165, 1.54) is 0 Å². The van der Waals surface area contributed by atoms with Crippen LogP contribution in [0.1, 0.15) is 24.8 Å². The number of hydrogen-bond acceptors (Lipinski definition) is 5. The van der Waals surface area contributed by atoms with Crippen molar-refractivity contribution in [3.05, 3.63) is 35.7 Å². The number of hydrogen-bond donors (Lipinski definition) is 1. The van der Waals surface area contributed by atoms with Gasteiger partial charge in [-0.2, -0.15) is 4.98 Å². The Labute approximate surface area is 125 Å². The molecule has 0 radical (unpaired) electrons. The highest BCUT2D eigenvalue weighted by Gasteiger charge is 2.10. The molecule has 1 aromatic heterocycles. The van der Waals surface area contributed by atoms with Crippen LogP contribution in [-0.2, 0) is 13.1 Å². The van der Waals surface area contributed by atoms with Crippen molar-refractivity contribution in [2.24, 2.45) is 5.73 Å². The Morgan fingerprint density at radius 2 is 1.95 bits per heavy atom. The van der Waals surface area contributed by atoms with Gasteiger partial charge in [-0.05, 0) is 25.6 Å². The van der Waals surface area contributed by atoms with E-state index in [1.807, 2.05) is 31.3 Å². The van der Waals surface area contributed by atoms with Crippen molar-refractivity contribution in [1.29, 1.82) is 0 Å². The van der Waals surface area contributed by atoms with Gasteiger partial charge < -0.3 is 10.3 Å². The maximum Gasteiger partial charge on any atom is 0.241 e. The molecule has 0 atom stereocenters. The van der Waals surface area contributed by atoms with Crippen LogP contribution in [-0.4, -0.2) is 28.6 Å². The third-order valence-corrected chi connectivity index (χ3v) is 2.93. The predicted molar refractivity (Wildman–Crippen MR) is 81.5 cm³/mol. The van der Waals surface area contributed by atoms with Crippen LogP contribution >= 0.6 is 12.4 Å². The lowest BCUT2D eigenvalue weighted by molar-refractivity contribution is 0.267. The molecule has 0 aliphatic heterocycles. The fourth-order valence-corrected chi connectivity index (χ4v) is 1.92. The number of nitrogens with two attached hydrogens (primary N) is 1. The van der Waals surface area contributed by atoms with E-state index < -0.39 is 0 Å². The summed E-state index contributed by atoms with van der Waals surface area (Å²) in [5.41, 5.74) is 7.61. The van der Waals surface area contributed by atoms with Crippen molar-refractivity contribution in [2.75, 3.05) is 13.6 Å². The van der Waals surface area contributed by atoms with Crippen molar-refractivity contribution in [2.45, 2.75) is 26.4 Å². The average molecular weight is 297 g/mol. The molecule has 0 aliphatic carbocycles. The van der Waals surface area contributed by atoms with Crippen molar-refractivity contribution >= 4 is 12.4 Å². The maximum absolute atomic E-state index is 5.57. The lowest BCUT2D eigenvalue weighted by Crippen LogP contribution is -2.18. The molecule has 0 bridgehead atoms. The second kappa shape index (κ2) is 7.99. The summed E-state index contributed by atoms with van der Waals surface area (Å²) in [4.78, 5) is 6.57. The van der Waals surface area contributed by atoms with E-state index in [1.54, 1.807) is 0 Å².